The fourth-order valence-electron chi connectivity index (χ4n) is 2.62. The molecule has 0 unspecified atom stereocenters. The second-order valence-electron chi connectivity index (χ2n) is 5.20. The van der Waals surface area contributed by atoms with E-state index in [1.54, 1.807) is 6.07 Å². The Morgan fingerprint density at radius 1 is 1.42 bits per heavy atom. The van der Waals surface area contributed by atoms with Crippen LogP contribution in [-0.4, -0.2) is 31.6 Å². The molecular weight excluding hydrogens is 258 g/mol. The summed E-state index contributed by atoms with van der Waals surface area (Å²) in [6.07, 6.45) is 2.49. The van der Waals surface area contributed by atoms with Gasteiger partial charge in [-0.05, 0) is 63.1 Å². The zero-order valence-electron chi connectivity index (χ0n) is 11.3. The SMILES string of the molecule is CNCC1CCN(Cc2ccc(C#N)cc2Cl)CC1. The quantitative estimate of drug-likeness (QED) is 0.920. The van der Waals surface area contributed by atoms with Gasteiger partial charge in [0.2, 0.25) is 0 Å². The van der Waals surface area contributed by atoms with Gasteiger partial charge >= 0.3 is 0 Å². The first-order valence-corrected chi connectivity index (χ1v) is 7.16. The molecule has 4 heteroatoms. The van der Waals surface area contributed by atoms with E-state index in [9.17, 15) is 0 Å². The van der Waals surface area contributed by atoms with Gasteiger partial charge in [-0.1, -0.05) is 17.7 Å². The molecule has 1 aromatic carbocycles. The summed E-state index contributed by atoms with van der Waals surface area (Å²) < 4.78 is 0. The van der Waals surface area contributed by atoms with E-state index in [4.69, 9.17) is 16.9 Å². The van der Waals surface area contributed by atoms with E-state index in [2.05, 4.69) is 16.3 Å². The van der Waals surface area contributed by atoms with Crippen LogP contribution in [0.2, 0.25) is 5.02 Å². The first-order chi connectivity index (χ1) is 9.22. The number of likely N-dealkylation sites (tertiary alicyclic amines) is 1. The monoisotopic (exact) mass is 277 g/mol. The number of nitrogens with zero attached hydrogens (tertiary/aromatic N) is 2. The predicted octanol–water partition coefficient (Wildman–Crippen LogP) is 2.64. The highest BCUT2D eigenvalue weighted by atomic mass is 35.5. The number of benzene rings is 1. The number of nitrogens with one attached hydrogen (secondary N) is 1. The van der Waals surface area contributed by atoms with Gasteiger partial charge in [0, 0.05) is 11.6 Å². The third-order valence-corrected chi connectivity index (χ3v) is 4.13. The van der Waals surface area contributed by atoms with Crippen LogP contribution in [0.4, 0.5) is 0 Å². The molecule has 3 nitrogen and oxygen atoms in total. The maximum atomic E-state index is 8.83. The molecule has 0 spiro atoms. The molecule has 19 heavy (non-hydrogen) atoms. The molecule has 0 saturated carbocycles. The van der Waals surface area contributed by atoms with Crippen molar-refractivity contribution in [1.29, 1.82) is 5.26 Å². The summed E-state index contributed by atoms with van der Waals surface area (Å²) in [5, 5.41) is 12.8. The van der Waals surface area contributed by atoms with Crippen molar-refractivity contribution >= 4 is 11.6 Å². The van der Waals surface area contributed by atoms with Gasteiger partial charge in [-0.3, -0.25) is 4.90 Å². The minimum absolute atomic E-state index is 0.626. The lowest BCUT2D eigenvalue weighted by atomic mass is 9.96. The number of piperidine rings is 1. The zero-order valence-corrected chi connectivity index (χ0v) is 12.1. The highest BCUT2D eigenvalue weighted by Gasteiger charge is 2.19. The maximum Gasteiger partial charge on any atom is 0.0992 e. The van der Waals surface area contributed by atoms with Gasteiger partial charge in [0.15, 0.2) is 0 Å². The molecule has 0 aromatic heterocycles. The van der Waals surface area contributed by atoms with E-state index >= 15 is 0 Å². The Balaban J connectivity index is 1.91. The van der Waals surface area contributed by atoms with Crippen LogP contribution >= 0.6 is 11.6 Å². The standard InChI is InChI=1S/C15H20ClN3/c1-18-10-12-4-6-19(7-5-12)11-14-3-2-13(9-17)8-15(14)16/h2-3,8,12,18H,4-7,10-11H2,1H3. The topological polar surface area (TPSA) is 39.1 Å². The average Bonchev–Trinajstić information content (AvgIpc) is 2.43. The molecule has 1 aliphatic rings. The predicted molar refractivity (Wildman–Crippen MR) is 78.1 cm³/mol. The normalized spacial score (nSPS) is 17.3. The highest BCUT2D eigenvalue weighted by molar-refractivity contribution is 6.31. The molecule has 0 radical (unpaired) electrons. The minimum atomic E-state index is 0.626. The van der Waals surface area contributed by atoms with Crippen molar-refractivity contribution < 1.29 is 0 Å². The molecule has 0 bridgehead atoms. The Hall–Kier alpha value is -1.08. The Bertz CT molecular complexity index is 459. The molecule has 0 amide bonds. The molecule has 1 saturated heterocycles. The minimum Gasteiger partial charge on any atom is -0.319 e. The summed E-state index contributed by atoms with van der Waals surface area (Å²) in [7, 11) is 2.02. The third kappa shape index (κ3) is 3.94. The zero-order chi connectivity index (χ0) is 13.7. The molecule has 1 N–H and O–H groups in total. The van der Waals surface area contributed by atoms with Crippen molar-refractivity contribution in [3.63, 3.8) is 0 Å². The van der Waals surface area contributed by atoms with E-state index in [0.717, 1.165) is 37.7 Å². The van der Waals surface area contributed by atoms with Gasteiger partial charge < -0.3 is 5.32 Å². The van der Waals surface area contributed by atoms with Crippen LogP contribution in [0.1, 0.15) is 24.0 Å². The molecule has 0 aliphatic carbocycles. The van der Waals surface area contributed by atoms with Crippen LogP contribution in [0, 0.1) is 17.2 Å². The Labute approximate surface area is 120 Å². The number of hydrogen-bond acceptors (Lipinski definition) is 3. The van der Waals surface area contributed by atoms with Crippen molar-refractivity contribution in [2.24, 2.45) is 5.92 Å². The summed E-state index contributed by atoms with van der Waals surface area (Å²) in [6, 6.07) is 7.68. The van der Waals surface area contributed by atoms with Crippen molar-refractivity contribution in [1.82, 2.24) is 10.2 Å². The van der Waals surface area contributed by atoms with Crippen molar-refractivity contribution in [2.75, 3.05) is 26.7 Å². The average molecular weight is 278 g/mol. The highest BCUT2D eigenvalue weighted by Crippen LogP contribution is 2.23. The van der Waals surface area contributed by atoms with Crippen LogP contribution in [0.5, 0.6) is 0 Å². The van der Waals surface area contributed by atoms with Crippen molar-refractivity contribution in [3.05, 3.63) is 34.3 Å². The number of hydrogen-bond donors (Lipinski definition) is 1. The molecule has 1 aliphatic heterocycles. The van der Waals surface area contributed by atoms with Crippen LogP contribution in [0.25, 0.3) is 0 Å². The van der Waals surface area contributed by atoms with Crippen LogP contribution in [0.15, 0.2) is 18.2 Å². The number of rotatable bonds is 4. The van der Waals surface area contributed by atoms with Gasteiger partial charge in [-0.25, -0.2) is 0 Å². The summed E-state index contributed by atoms with van der Waals surface area (Å²) in [5.41, 5.74) is 1.74. The van der Waals surface area contributed by atoms with Gasteiger partial charge in [0.05, 0.1) is 11.6 Å². The lowest BCUT2D eigenvalue weighted by molar-refractivity contribution is 0.177. The first kappa shape index (κ1) is 14.3. The Morgan fingerprint density at radius 3 is 2.74 bits per heavy atom. The van der Waals surface area contributed by atoms with Gasteiger partial charge in [-0.2, -0.15) is 5.26 Å². The molecule has 1 heterocycles. The van der Waals surface area contributed by atoms with Gasteiger partial charge in [0.25, 0.3) is 0 Å². The van der Waals surface area contributed by atoms with E-state index in [0.29, 0.717) is 10.6 Å². The van der Waals surface area contributed by atoms with E-state index in [-0.39, 0.29) is 0 Å². The fraction of sp³-hybridized carbons (Fsp3) is 0.533. The molecule has 1 aromatic rings. The first-order valence-electron chi connectivity index (χ1n) is 6.78. The largest absolute Gasteiger partial charge is 0.319 e. The van der Waals surface area contributed by atoms with Crippen LogP contribution in [0.3, 0.4) is 0 Å². The summed E-state index contributed by atoms with van der Waals surface area (Å²) in [6.45, 7) is 4.26. The second-order valence-corrected chi connectivity index (χ2v) is 5.60. The van der Waals surface area contributed by atoms with Crippen LogP contribution in [-0.2, 0) is 6.54 Å². The van der Waals surface area contributed by atoms with Crippen molar-refractivity contribution in [3.8, 4) is 6.07 Å². The maximum absolute atomic E-state index is 8.83. The fourth-order valence-corrected chi connectivity index (χ4v) is 2.86. The van der Waals surface area contributed by atoms with Gasteiger partial charge in [-0.15, -0.1) is 0 Å². The molecular formula is C15H20ClN3. The molecule has 2 rings (SSSR count). The Morgan fingerprint density at radius 2 is 2.16 bits per heavy atom. The third-order valence-electron chi connectivity index (χ3n) is 3.78. The number of nitriles is 1. The summed E-state index contributed by atoms with van der Waals surface area (Å²) in [5.74, 6) is 0.803. The van der Waals surface area contributed by atoms with Gasteiger partial charge in [0.1, 0.15) is 0 Å². The molecule has 1 fully saturated rings. The summed E-state index contributed by atoms with van der Waals surface area (Å²) >= 11 is 6.22. The lowest BCUT2D eigenvalue weighted by Crippen LogP contribution is -2.36. The lowest BCUT2D eigenvalue weighted by Gasteiger charge is -2.32. The van der Waals surface area contributed by atoms with Crippen molar-refractivity contribution in [2.45, 2.75) is 19.4 Å². The Kier molecular flexibility index (Phi) is 5.21. The van der Waals surface area contributed by atoms with Crippen LogP contribution < -0.4 is 5.32 Å². The van der Waals surface area contributed by atoms with E-state index in [1.165, 1.54) is 12.8 Å². The van der Waals surface area contributed by atoms with E-state index in [1.807, 2.05) is 19.2 Å². The molecule has 102 valence electrons. The number of halogens is 1. The smallest absolute Gasteiger partial charge is 0.0992 e. The summed E-state index contributed by atoms with van der Waals surface area (Å²) in [4.78, 5) is 2.44. The molecule has 0 atom stereocenters. The van der Waals surface area contributed by atoms with E-state index < -0.39 is 0 Å². The second kappa shape index (κ2) is 6.91.